The minimum atomic E-state index is -0.176. The fourth-order valence-electron chi connectivity index (χ4n) is 4.46. The summed E-state index contributed by atoms with van der Waals surface area (Å²) in [4.78, 5) is 12.1. The highest BCUT2D eigenvalue weighted by Crippen LogP contribution is 2.61. The lowest BCUT2D eigenvalue weighted by atomic mass is 9.64. The quantitative estimate of drug-likeness (QED) is 0.639. The van der Waals surface area contributed by atoms with Crippen LogP contribution in [0.3, 0.4) is 0 Å². The smallest absolute Gasteiger partial charge is 0.139 e. The Labute approximate surface area is 84.7 Å². The van der Waals surface area contributed by atoms with Crippen LogP contribution in [0.4, 0.5) is 0 Å². The van der Waals surface area contributed by atoms with E-state index in [1.54, 1.807) is 0 Å². The van der Waals surface area contributed by atoms with Gasteiger partial charge in [-0.25, -0.2) is 0 Å². The van der Waals surface area contributed by atoms with E-state index < -0.39 is 0 Å². The average Bonchev–Trinajstić information content (AvgIpc) is 2.67. The monoisotopic (exact) mass is 194 g/mol. The number of ketones is 1. The standard InChI is InChI=1S/C12H18O2/c13-10-7-8-3-1-5-11(14)12(8)6-2-4-9(10)12/h8-10,13H,1-7H2. The van der Waals surface area contributed by atoms with Crippen molar-refractivity contribution in [2.75, 3.05) is 0 Å². The van der Waals surface area contributed by atoms with Crippen LogP contribution in [-0.4, -0.2) is 17.0 Å². The highest BCUT2D eigenvalue weighted by Gasteiger charge is 2.61. The summed E-state index contributed by atoms with van der Waals surface area (Å²) >= 11 is 0. The summed E-state index contributed by atoms with van der Waals surface area (Å²) in [6, 6.07) is 0. The first-order chi connectivity index (χ1) is 6.75. The summed E-state index contributed by atoms with van der Waals surface area (Å²) in [6.07, 6.45) is 7.05. The first-order valence-electron chi connectivity index (χ1n) is 5.96. The van der Waals surface area contributed by atoms with Gasteiger partial charge in [0.15, 0.2) is 0 Å². The molecular weight excluding hydrogens is 176 g/mol. The molecule has 3 aliphatic rings. The number of hydrogen-bond acceptors (Lipinski definition) is 2. The molecule has 4 atom stereocenters. The molecule has 3 fully saturated rings. The van der Waals surface area contributed by atoms with Crippen molar-refractivity contribution in [1.29, 1.82) is 0 Å². The molecule has 1 spiro atoms. The van der Waals surface area contributed by atoms with Crippen molar-refractivity contribution in [3.8, 4) is 0 Å². The second-order valence-corrected chi connectivity index (χ2v) is 5.35. The van der Waals surface area contributed by atoms with Gasteiger partial charge in [0.1, 0.15) is 5.78 Å². The van der Waals surface area contributed by atoms with Crippen molar-refractivity contribution >= 4 is 5.78 Å². The molecule has 0 heterocycles. The fourth-order valence-corrected chi connectivity index (χ4v) is 4.46. The Hall–Kier alpha value is -0.370. The maximum atomic E-state index is 12.1. The van der Waals surface area contributed by atoms with Crippen molar-refractivity contribution in [3.05, 3.63) is 0 Å². The predicted molar refractivity (Wildman–Crippen MR) is 52.7 cm³/mol. The molecule has 78 valence electrons. The van der Waals surface area contributed by atoms with Crippen molar-refractivity contribution in [2.45, 2.75) is 51.0 Å². The molecule has 4 unspecified atom stereocenters. The van der Waals surface area contributed by atoms with Gasteiger partial charge in [0, 0.05) is 11.8 Å². The normalized spacial score (nSPS) is 51.8. The highest BCUT2D eigenvalue weighted by molar-refractivity contribution is 5.87. The van der Waals surface area contributed by atoms with Crippen LogP contribution in [0.2, 0.25) is 0 Å². The van der Waals surface area contributed by atoms with Gasteiger partial charge < -0.3 is 5.11 Å². The van der Waals surface area contributed by atoms with Gasteiger partial charge in [0.25, 0.3) is 0 Å². The van der Waals surface area contributed by atoms with Gasteiger partial charge in [0.2, 0.25) is 0 Å². The Morgan fingerprint density at radius 1 is 1.29 bits per heavy atom. The van der Waals surface area contributed by atoms with Crippen LogP contribution in [0.15, 0.2) is 0 Å². The number of carbonyl (C=O) groups is 1. The van der Waals surface area contributed by atoms with Gasteiger partial charge in [-0.2, -0.15) is 0 Å². The molecule has 3 aliphatic carbocycles. The van der Waals surface area contributed by atoms with E-state index in [1.165, 1.54) is 6.42 Å². The van der Waals surface area contributed by atoms with E-state index >= 15 is 0 Å². The lowest BCUT2D eigenvalue weighted by molar-refractivity contribution is -0.136. The minimum Gasteiger partial charge on any atom is -0.393 e. The third kappa shape index (κ3) is 0.881. The van der Waals surface area contributed by atoms with E-state index in [1.807, 2.05) is 0 Å². The number of hydrogen-bond donors (Lipinski definition) is 1. The first-order valence-corrected chi connectivity index (χ1v) is 5.96. The minimum absolute atomic E-state index is 0.0579. The Bertz CT molecular complexity index is 273. The zero-order chi connectivity index (χ0) is 9.76. The molecule has 14 heavy (non-hydrogen) atoms. The van der Waals surface area contributed by atoms with Crippen molar-refractivity contribution in [1.82, 2.24) is 0 Å². The lowest BCUT2D eigenvalue weighted by Crippen LogP contribution is -2.40. The van der Waals surface area contributed by atoms with Gasteiger partial charge in [-0.05, 0) is 43.9 Å². The van der Waals surface area contributed by atoms with Crippen molar-refractivity contribution in [2.24, 2.45) is 17.3 Å². The number of Topliss-reactive ketones (excluding diaryl/α,β-unsaturated/α-hetero) is 1. The van der Waals surface area contributed by atoms with Crippen LogP contribution >= 0.6 is 0 Å². The Balaban J connectivity index is 2.02. The van der Waals surface area contributed by atoms with Gasteiger partial charge >= 0.3 is 0 Å². The van der Waals surface area contributed by atoms with Crippen LogP contribution in [0.25, 0.3) is 0 Å². The van der Waals surface area contributed by atoms with Gasteiger partial charge in [0.05, 0.1) is 6.10 Å². The molecular formula is C12H18O2. The van der Waals surface area contributed by atoms with Gasteiger partial charge in [-0.1, -0.05) is 6.42 Å². The molecule has 1 N–H and O–H groups in total. The second-order valence-electron chi connectivity index (χ2n) is 5.35. The Morgan fingerprint density at radius 2 is 2.14 bits per heavy atom. The summed E-state index contributed by atoms with van der Waals surface area (Å²) in [5.41, 5.74) is -0.0579. The van der Waals surface area contributed by atoms with Crippen LogP contribution in [0.5, 0.6) is 0 Å². The predicted octanol–water partition coefficient (Wildman–Crippen LogP) is 1.91. The van der Waals surface area contributed by atoms with Gasteiger partial charge in [-0.15, -0.1) is 0 Å². The summed E-state index contributed by atoms with van der Waals surface area (Å²) in [5.74, 6) is 1.32. The van der Waals surface area contributed by atoms with E-state index in [0.717, 1.165) is 38.5 Å². The molecule has 0 aromatic rings. The van der Waals surface area contributed by atoms with Crippen LogP contribution in [-0.2, 0) is 4.79 Å². The van der Waals surface area contributed by atoms with E-state index in [-0.39, 0.29) is 11.5 Å². The summed E-state index contributed by atoms with van der Waals surface area (Å²) < 4.78 is 0. The first kappa shape index (κ1) is 8.90. The van der Waals surface area contributed by atoms with E-state index in [0.29, 0.717) is 17.6 Å². The summed E-state index contributed by atoms with van der Waals surface area (Å²) in [7, 11) is 0. The van der Waals surface area contributed by atoms with E-state index in [2.05, 4.69) is 0 Å². The molecule has 2 nitrogen and oxygen atoms in total. The summed E-state index contributed by atoms with van der Waals surface area (Å²) in [6.45, 7) is 0. The highest BCUT2D eigenvalue weighted by atomic mass is 16.3. The van der Waals surface area contributed by atoms with Gasteiger partial charge in [-0.3, -0.25) is 4.79 Å². The Morgan fingerprint density at radius 3 is 3.00 bits per heavy atom. The average molecular weight is 194 g/mol. The zero-order valence-corrected chi connectivity index (χ0v) is 8.54. The fraction of sp³-hybridized carbons (Fsp3) is 0.917. The van der Waals surface area contributed by atoms with Crippen LogP contribution < -0.4 is 0 Å². The third-order valence-electron chi connectivity index (χ3n) is 4.96. The van der Waals surface area contributed by atoms with Crippen LogP contribution in [0, 0.1) is 17.3 Å². The molecule has 0 radical (unpaired) electrons. The summed E-state index contributed by atoms with van der Waals surface area (Å²) in [5, 5.41) is 9.99. The molecule has 3 saturated carbocycles. The topological polar surface area (TPSA) is 37.3 Å². The largest absolute Gasteiger partial charge is 0.393 e. The maximum Gasteiger partial charge on any atom is 0.139 e. The SMILES string of the molecule is O=C1CCCC2CC(O)C3CCCC123. The number of rotatable bonds is 0. The molecule has 0 aromatic carbocycles. The van der Waals surface area contributed by atoms with Crippen molar-refractivity contribution < 1.29 is 9.90 Å². The molecule has 2 heteroatoms. The molecule has 0 aliphatic heterocycles. The van der Waals surface area contributed by atoms with Crippen molar-refractivity contribution in [3.63, 3.8) is 0 Å². The molecule has 0 bridgehead atoms. The molecule has 0 saturated heterocycles. The second kappa shape index (κ2) is 2.82. The number of aliphatic hydroxyl groups excluding tert-OH is 1. The Kier molecular flexibility index (Phi) is 1.79. The molecule has 0 amide bonds. The van der Waals surface area contributed by atoms with E-state index in [4.69, 9.17) is 0 Å². The molecule has 3 rings (SSSR count). The van der Waals surface area contributed by atoms with Crippen LogP contribution in [0.1, 0.15) is 44.9 Å². The molecule has 0 aromatic heterocycles. The maximum absolute atomic E-state index is 12.1. The third-order valence-corrected chi connectivity index (χ3v) is 4.96. The lowest BCUT2D eigenvalue weighted by Gasteiger charge is -2.38. The zero-order valence-electron chi connectivity index (χ0n) is 8.54. The number of aliphatic hydroxyl groups is 1. The number of carbonyl (C=O) groups excluding carboxylic acids is 1. The van der Waals surface area contributed by atoms with E-state index in [9.17, 15) is 9.90 Å².